The van der Waals surface area contributed by atoms with Crippen molar-refractivity contribution in [3.63, 3.8) is 0 Å². The molecule has 0 radical (unpaired) electrons. The Hall–Kier alpha value is 0.0200. The van der Waals surface area contributed by atoms with E-state index < -0.39 is 0 Å². The van der Waals surface area contributed by atoms with E-state index in [9.17, 15) is 0 Å². The van der Waals surface area contributed by atoms with Gasteiger partial charge in [0.1, 0.15) is 0 Å². The van der Waals surface area contributed by atoms with Crippen molar-refractivity contribution in [3.8, 4) is 0 Å². The van der Waals surface area contributed by atoms with Crippen molar-refractivity contribution in [1.29, 1.82) is 0 Å². The van der Waals surface area contributed by atoms with E-state index in [0.717, 1.165) is 5.92 Å². The van der Waals surface area contributed by atoms with Crippen molar-refractivity contribution >= 4 is 17.3 Å². The molecule has 0 fully saturated rings. The topological polar surface area (TPSA) is 12.4 Å². The molecule has 1 heterocycles. The monoisotopic (exact) mass is 129 g/mol. The van der Waals surface area contributed by atoms with E-state index in [1.165, 1.54) is 5.75 Å². The number of nitrogens with zero attached hydrogens (tertiary/aromatic N) is 1. The molecule has 0 aliphatic carbocycles. The van der Waals surface area contributed by atoms with Gasteiger partial charge in [-0.3, -0.25) is 4.99 Å². The van der Waals surface area contributed by atoms with Crippen LogP contribution in [0, 0.1) is 5.92 Å². The lowest BCUT2D eigenvalue weighted by atomic mass is 10.1. The molecule has 46 valence electrons. The molecule has 0 saturated carbocycles. The molecule has 1 nitrogen and oxygen atoms in total. The summed E-state index contributed by atoms with van der Waals surface area (Å²) in [5.41, 5.74) is 1.96. The van der Waals surface area contributed by atoms with Gasteiger partial charge in [-0.05, 0) is 5.92 Å². The van der Waals surface area contributed by atoms with E-state index in [1.54, 1.807) is 0 Å². The summed E-state index contributed by atoms with van der Waals surface area (Å²) in [6.45, 7) is 4.43. The molecular formula is C6H11NS. The Morgan fingerprint density at radius 1 is 1.75 bits per heavy atom. The first-order valence-corrected chi connectivity index (χ1v) is 3.99. The van der Waals surface area contributed by atoms with Crippen LogP contribution in [-0.2, 0) is 0 Å². The predicted octanol–water partition coefficient (Wildman–Crippen LogP) is 1.79. The molecule has 0 aromatic carbocycles. The first kappa shape index (κ1) is 6.14. The number of aliphatic imine (C=N–C) groups is 1. The van der Waals surface area contributed by atoms with Crippen LogP contribution in [0.1, 0.15) is 13.8 Å². The summed E-state index contributed by atoms with van der Waals surface area (Å²) < 4.78 is 0. The maximum atomic E-state index is 4.27. The number of rotatable bonds is 1. The van der Waals surface area contributed by atoms with Crippen molar-refractivity contribution in [2.75, 3.05) is 5.75 Å². The normalized spacial score (nSPS) is 27.6. The van der Waals surface area contributed by atoms with Crippen LogP contribution in [0.15, 0.2) is 4.99 Å². The van der Waals surface area contributed by atoms with Gasteiger partial charge in [-0.25, -0.2) is 0 Å². The molecule has 0 N–H and O–H groups in total. The predicted molar refractivity (Wildman–Crippen MR) is 39.6 cm³/mol. The Labute approximate surface area is 54.6 Å². The molecule has 0 spiro atoms. The van der Waals surface area contributed by atoms with Gasteiger partial charge >= 0.3 is 0 Å². The van der Waals surface area contributed by atoms with Crippen LogP contribution in [-0.4, -0.2) is 17.3 Å². The largest absolute Gasteiger partial charge is 0.282 e. The van der Waals surface area contributed by atoms with Gasteiger partial charge in [0.15, 0.2) is 0 Å². The lowest BCUT2D eigenvalue weighted by Gasteiger charge is -2.07. The van der Waals surface area contributed by atoms with Crippen molar-refractivity contribution in [1.82, 2.24) is 0 Å². The van der Waals surface area contributed by atoms with Gasteiger partial charge in [0.25, 0.3) is 0 Å². The highest BCUT2D eigenvalue weighted by atomic mass is 32.2. The zero-order valence-corrected chi connectivity index (χ0v) is 6.11. The summed E-state index contributed by atoms with van der Waals surface area (Å²) in [5, 5.41) is 0. The van der Waals surface area contributed by atoms with Crippen molar-refractivity contribution < 1.29 is 0 Å². The molecule has 1 aliphatic rings. The average Bonchev–Trinajstić information content (AvgIpc) is 2.12. The van der Waals surface area contributed by atoms with Gasteiger partial charge in [0.2, 0.25) is 0 Å². The van der Waals surface area contributed by atoms with Crippen LogP contribution >= 0.6 is 11.8 Å². The maximum absolute atomic E-state index is 4.27. The summed E-state index contributed by atoms with van der Waals surface area (Å²) >= 11 is 1.82. The molecule has 0 aromatic rings. The fourth-order valence-corrected chi connectivity index (χ4v) is 1.67. The van der Waals surface area contributed by atoms with E-state index in [2.05, 4.69) is 18.8 Å². The summed E-state index contributed by atoms with van der Waals surface area (Å²) in [5.74, 6) is 1.92. The fourth-order valence-electron chi connectivity index (χ4n) is 0.670. The van der Waals surface area contributed by atoms with Crippen LogP contribution in [0.4, 0.5) is 0 Å². The Bertz CT molecular complexity index is 98.7. The third-order valence-corrected chi connectivity index (χ3v) is 2.17. The molecule has 1 aliphatic heterocycles. The number of hydrogen-bond donors (Lipinski definition) is 0. The molecule has 0 bridgehead atoms. The van der Waals surface area contributed by atoms with Crippen LogP contribution in [0.5, 0.6) is 0 Å². The molecular weight excluding hydrogens is 118 g/mol. The second-order valence-electron chi connectivity index (χ2n) is 2.40. The highest BCUT2D eigenvalue weighted by Gasteiger charge is 2.13. The zero-order valence-electron chi connectivity index (χ0n) is 5.29. The average molecular weight is 129 g/mol. The molecule has 1 rings (SSSR count). The maximum Gasteiger partial charge on any atom is 0.0622 e. The van der Waals surface area contributed by atoms with Crippen LogP contribution in [0.2, 0.25) is 0 Å². The molecule has 1 unspecified atom stereocenters. The van der Waals surface area contributed by atoms with Gasteiger partial charge in [-0.1, -0.05) is 13.8 Å². The Kier molecular flexibility index (Phi) is 1.95. The van der Waals surface area contributed by atoms with Crippen LogP contribution in [0.25, 0.3) is 0 Å². The first-order valence-electron chi connectivity index (χ1n) is 2.94. The van der Waals surface area contributed by atoms with Crippen molar-refractivity contribution in [2.45, 2.75) is 19.9 Å². The Morgan fingerprint density at radius 2 is 2.50 bits per heavy atom. The van der Waals surface area contributed by atoms with Crippen LogP contribution in [0.3, 0.4) is 0 Å². The van der Waals surface area contributed by atoms with Gasteiger partial charge in [-0.15, -0.1) is 11.8 Å². The van der Waals surface area contributed by atoms with Crippen molar-refractivity contribution in [3.05, 3.63) is 0 Å². The van der Waals surface area contributed by atoms with Gasteiger partial charge in [0.05, 0.1) is 11.6 Å². The highest BCUT2D eigenvalue weighted by Crippen LogP contribution is 2.17. The third kappa shape index (κ3) is 1.25. The molecule has 8 heavy (non-hydrogen) atoms. The zero-order chi connectivity index (χ0) is 5.98. The minimum Gasteiger partial charge on any atom is -0.282 e. The highest BCUT2D eigenvalue weighted by molar-refractivity contribution is 8.12. The second kappa shape index (κ2) is 2.53. The summed E-state index contributed by atoms with van der Waals surface area (Å²) in [7, 11) is 0. The minimum absolute atomic E-state index is 0.597. The lowest BCUT2D eigenvalue weighted by Crippen LogP contribution is -2.11. The standard InChI is InChI=1S/C6H11NS/c1-5(2)6-3-8-4-7-6/h4-6H,3H2,1-2H3. The quantitative estimate of drug-likeness (QED) is 0.525. The van der Waals surface area contributed by atoms with Crippen molar-refractivity contribution in [2.24, 2.45) is 10.9 Å². The summed E-state index contributed by atoms with van der Waals surface area (Å²) in [6.07, 6.45) is 0. The third-order valence-electron chi connectivity index (χ3n) is 1.36. The molecule has 2 heteroatoms. The van der Waals surface area contributed by atoms with E-state index in [-0.39, 0.29) is 0 Å². The molecule has 1 atom stereocenters. The van der Waals surface area contributed by atoms with E-state index in [4.69, 9.17) is 0 Å². The van der Waals surface area contributed by atoms with E-state index in [1.807, 2.05) is 17.3 Å². The SMILES string of the molecule is CC(C)C1CSC=N1. The van der Waals surface area contributed by atoms with Crippen LogP contribution < -0.4 is 0 Å². The fraction of sp³-hybridized carbons (Fsp3) is 0.833. The van der Waals surface area contributed by atoms with Gasteiger partial charge in [-0.2, -0.15) is 0 Å². The van der Waals surface area contributed by atoms with Gasteiger partial charge < -0.3 is 0 Å². The molecule has 0 aromatic heterocycles. The Balaban J connectivity index is 2.36. The number of thioether (sulfide) groups is 1. The van der Waals surface area contributed by atoms with Gasteiger partial charge in [0, 0.05) is 5.75 Å². The first-order chi connectivity index (χ1) is 3.80. The molecule has 0 amide bonds. The molecule has 0 saturated heterocycles. The number of hydrogen-bond acceptors (Lipinski definition) is 2. The minimum atomic E-state index is 0.597. The Morgan fingerprint density at radius 3 is 2.75 bits per heavy atom. The van der Waals surface area contributed by atoms with E-state index >= 15 is 0 Å². The summed E-state index contributed by atoms with van der Waals surface area (Å²) in [6, 6.07) is 0.597. The smallest absolute Gasteiger partial charge is 0.0622 e. The lowest BCUT2D eigenvalue weighted by molar-refractivity contribution is 0.544. The second-order valence-corrected chi connectivity index (χ2v) is 3.28. The summed E-state index contributed by atoms with van der Waals surface area (Å²) in [4.78, 5) is 4.27. The van der Waals surface area contributed by atoms with E-state index in [0.29, 0.717) is 6.04 Å².